The Hall–Kier alpha value is -0.420. The van der Waals surface area contributed by atoms with Gasteiger partial charge in [0.1, 0.15) is 5.69 Å². The molecule has 1 aromatic rings. The Kier molecular flexibility index (Phi) is 4.73. The Labute approximate surface area is 106 Å². The van der Waals surface area contributed by atoms with Crippen molar-refractivity contribution in [2.75, 3.05) is 10.7 Å². The minimum Gasteiger partial charge on any atom is -0.344 e. The van der Waals surface area contributed by atoms with Crippen LogP contribution in [-0.4, -0.2) is 27.1 Å². The number of carbonyl (C=O) groups is 1. The highest BCUT2D eigenvalue weighted by Gasteiger charge is 2.24. The third-order valence-electron chi connectivity index (χ3n) is 1.90. The maximum Gasteiger partial charge on any atom is 0.270 e. The molecular formula is C10H12Br2N2O. The van der Waals surface area contributed by atoms with Gasteiger partial charge in [-0.3, -0.25) is 9.78 Å². The first kappa shape index (κ1) is 12.6. The molecule has 1 rings (SSSR count). The number of amides is 1. The normalized spacial score (nSPS) is 11.1. The fourth-order valence-corrected chi connectivity index (χ4v) is 2.15. The van der Waals surface area contributed by atoms with E-state index in [0.717, 1.165) is 0 Å². The molecule has 0 atom stereocenters. The summed E-state index contributed by atoms with van der Waals surface area (Å²) < 4.78 is 0. The van der Waals surface area contributed by atoms with E-state index in [1.165, 1.54) is 0 Å². The number of alkyl halides is 2. The standard InChI is InChI=1S/C10H12Br2N2O/c1-10(6-11,7-12)14-9(15)8-4-2-3-5-13-8/h2-5H,6-7H2,1H3,(H,14,15). The lowest BCUT2D eigenvalue weighted by molar-refractivity contribution is 0.0918. The van der Waals surface area contributed by atoms with E-state index in [0.29, 0.717) is 16.4 Å². The van der Waals surface area contributed by atoms with Crippen molar-refractivity contribution in [1.82, 2.24) is 10.3 Å². The third kappa shape index (κ3) is 3.57. The second-order valence-electron chi connectivity index (χ2n) is 3.50. The summed E-state index contributed by atoms with van der Waals surface area (Å²) in [5.74, 6) is -0.156. The van der Waals surface area contributed by atoms with Crippen molar-refractivity contribution in [3.05, 3.63) is 30.1 Å². The van der Waals surface area contributed by atoms with Gasteiger partial charge in [-0.2, -0.15) is 0 Å². The van der Waals surface area contributed by atoms with Gasteiger partial charge in [-0.05, 0) is 19.1 Å². The summed E-state index contributed by atoms with van der Waals surface area (Å²) in [7, 11) is 0. The van der Waals surface area contributed by atoms with Gasteiger partial charge in [0.25, 0.3) is 5.91 Å². The van der Waals surface area contributed by atoms with Gasteiger partial charge < -0.3 is 5.32 Å². The molecule has 82 valence electrons. The molecule has 0 aliphatic rings. The number of aromatic nitrogens is 1. The molecule has 5 heteroatoms. The van der Waals surface area contributed by atoms with E-state index in [1.54, 1.807) is 24.4 Å². The van der Waals surface area contributed by atoms with Gasteiger partial charge in [-0.15, -0.1) is 0 Å². The zero-order chi connectivity index (χ0) is 11.3. The lowest BCUT2D eigenvalue weighted by atomic mass is 10.1. The summed E-state index contributed by atoms with van der Waals surface area (Å²) in [6, 6.07) is 5.27. The van der Waals surface area contributed by atoms with Gasteiger partial charge in [-0.25, -0.2) is 0 Å². The lowest BCUT2D eigenvalue weighted by Gasteiger charge is -2.26. The summed E-state index contributed by atoms with van der Waals surface area (Å²) in [6.45, 7) is 1.96. The van der Waals surface area contributed by atoms with Crippen LogP contribution in [0.2, 0.25) is 0 Å². The zero-order valence-electron chi connectivity index (χ0n) is 8.34. The topological polar surface area (TPSA) is 42.0 Å². The summed E-state index contributed by atoms with van der Waals surface area (Å²) in [6.07, 6.45) is 1.61. The molecule has 0 bridgehead atoms. The van der Waals surface area contributed by atoms with Crippen LogP contribution in [-0.2, 0) is 0 Å². The van der Waals surface area contributed by atoms with Gasteiger partial charge in [-0.1, -0.05) is 37.9 Å². The zero-order valence-corrected chi connectivity index (χ0v) is 11.5. The van der Waals surface area contributed by atoms with Crippen LogP contribution < -0.4 is 5.32 Å². The molecule has 0 fully saturated rings. The SMILES string of the molecule is CC(CBr)(CBr)NC(=O)c1ccccn1. The number of hydrogen-bond donors (Lipinski definition) is 1. The largest absolute Gasteiger partial charge is 0.344 e. The minimum atomic E-state index is -0.297. The van der Waals surface area contributed by atoms with Crippen LogP contribution in [0.25, 0.3) is 0 Å². The molecule has 15 heavy (non-hydrogen) atoms. The molecule has 0 spiro atoms. The smallest absolute Gasteiger partial charge is 0.270 e. The summed E-state index contributed by atoms with van der Waals surface area (Å²) in [4.78, 5) is 15.8. The van der Waals surface area contributed by atoms with Gasteiger partial charge >= 0.3 is 0 Å². The molecule has 1 heterocycles. The van der Waals surface area contributed by atoms with E-state index in [9.17, 15) is 4.79 Å². The van der Waals surface area contributed by atoms with E-state index in [1.807, 2.05) is 6.92 Å². The van der Waals surface area contributed by atoms with Gasteiger partial charge in [0.05, 0.1) is 5.54 Å². The number of carbonyl (C=O) groups excluding carboxylic acids is 1. The fraction of sp³-hybridized carbons (Fsp3) is 0.400. The monoisotopic (exact) mass is 334 g/mol. The minimum absolute atomic E-state index is 0.156. The second-order valence-corrected chi connectivity index (χ2v) is 4.62. The molecule has 0 saturated carbocycles. The van der Waals surface area contributed by atoms with Crippen molar-refractivity contribution < 1.29 is 4.79 Å². The van der Waals surface area contributed by atoms with E-state index in [2.05, 4.69) is 42.2 Å². The summed E-state index contributed by atoms with van der Waals surface area (Å²) >= 11 is 6.74. The van der Waals surface area contributed by atoms with Crippen LogP contribution >= 0.6 is 31.9 Å². The second kappa shape index (κ2) is 5.61. The van der Waals surface area contributed by atoms with E-state index < -0.39 is 0 Å². The van der Waals surface area contributed by atoms with Crippen molar-refractivity contribution in [1.29, 1.82) is 0 Å². The molecule has 1 amide bonds. The van der Waals surface area contributed by atoms with E-state index in [4.69, 9.17) is 0 Å². The van der Waals surface area contributed by atoms with Gasteiger partial charge in [0.15, 0.2) is 0 Å². The molecule has 0 radical (unpaired) electrons. The Balaban J connectivity index is 2.72. The predicted molar refractivity (Wildman–Crippen MR) is 67.7 cm³/mol. The molecule has 1 N–H and O–H groups in total. The highest BCUT2D eigenvalue weighted by atomic mass is 79.9. The molecule has 0 aromatic carbocycles. The van der Waals surface area contributed by atoms with Crippen LogP contribution in [0, 0.1) is 0 Å². The number of rotatable bonds is 4. The quantitative estimate of drug-likeness (QED) is 0.858. The van der Waals surface area contributed by atoms with Crippen LogP contribution in [0.1, 0.15) is 17.4 Å². The molecule has 3 nitrogen and oxygen atoms in total. The average molecular weight is 336 g/mol. The first-order valence-electron chi connectivity index (χ1n) is 4.47. The van der Waals surface area contributed by atoms with Gasteiger partial charge in [0.2, 0.25) is 0 Å². The molecule has 0 aliphatic carbocycles. The maximum atomic E-state index is 11.8. The first-order chi connectivity index (χ1) is 7.11. The number of pyridine rings is 1. The fourth-order valence-electron chi connectivity index (χ4n) is 0.938. The van der Waals surface area contributed by atoms with E-state index >= 15 is 0 Å². The molecule has 0 unspecified atom stereocenters. The van der Waals surface area contributed by atoms with E-state index in [-0.39, 0.29) is 11.4 Å². The molecular weight excluding hydrogens is 324 g/mol. The predicted octanol–water partition coefficient (Wildman–Crippen LogP) is 2.36. The van der Waals surface area contributed by atoms with Crippen molar-refractivity contribution in [2.45, 2.75) is 12.5 Å². The third-order valence-corrected chi connectivity index (χ3v) is 4.38. The Morgan fingerprint density at radius 1 is 1.47 bits per heavy atom. The van der Waals surface area contributed by atoms with Crippen molar-refractivity contribution in [3.63, 3.8) is 0 Å². The highest BCUT2D eigenvalue weighted by Crippen LogP contribution is 2.12. The maximum absolute atomic E-state index is 11.8. The lowest BCUT2D eigenvalue weighted by Crippen LogP contribution is -2.49. The number of halogens is 2. The summed E-state index contributed by atoms with van der Waals surface area (Å²) in [5.41, 5.74) is 0.139. The van der Waals surface area contributed by atoms with Crippen molar-refractivity contribution in [3.8, 4) is 0 Å². The van der Waals surface area contributed by atoms with Crippen LogP contribution in [0.15, 0.2) is 24.4 Å². The molecule has 0 saturated heterocycles. The van der Waals surface area contributed by atoms with Crippen molar-refractivity contribution >= 4 is 37.8 Å². The van der Waals surface area contributed by atoms with Crippen LogP contribution in [0.3, 0.4) is 0 Å². The number of hydrogen-bond acceptors (Lipinski definition) is 2. The summed E-state index contributed by atoms with van der Waals surface area (Å²) in [5, 5.41) is 4.28. The Morgan fingerprint density at radius 2 is 2.13 bits per heavy atom. The average Bonchev–Trinajstić information content (AvgIpc) is 2.30. The Morgan fingerprint density at radius 3 is 2.60 bits per heavy atom. The number of nitrogens with one attached hydrogen (secondary N) is 1. The number of nitrogens with zero attached hydrogens (tertiary/aromatic N) is 1. The van der Waals surface area contributed by atoms with Crippen LogP contribution in [0.5, 0.6) is 0 Å². The molecule has 0 aliphatic heterocycles. The first-order valence-corrected chi connectivity index (χ1v) is 6.71. The Bertz CT molecular complexity index is 325. The van der Waals surface area contributed by atoms with Crippen molar-refractivity contribution in [2.24, 2.45) is 0 Å². The molecule has 1 aromatic heterocycles. The van der Waals surface area contributed by atoms with Crippen LogP contribution in [0.4, 0.5) is 0 Å². The highest BCUT2D eigenvalue weighted by molar-refractivity contribution is 9.09. The van der Waals surface area contributed by atoms with Gasteiger partial charge in [0, 0.05) is 16.9 Å².